The zero-order chi connectivity index (χ0) is 24.8. The second-order valence-corrected chi connectivity index (χ2v) is 9.75. The maximum atomic E-state index is 12.9. The second-order valence-electron chi connectivity index (χ2n) is 8.44. The van der Waals surface area contributed by atoms with E-state index in [-0.39, 0.29) is 12.5 Å². The number of nitrogens with zero attached hydrogens (tertiary/aromatic N) is 3. The fraction of sp³-hybridized carbons (Fsp3) is 0.222. The van der Waals surface area contributed by atoms with Crippen LogP contribution in [-0.4, -0.2) is 26.0 Å². The predicted octanol–water partition coefficient (Wildman–Crippen LogP) is 5.48. The average Bonchev–Trinajstić information content (AvgIpc) is 3.22. The fourth-order valence-electron chi connectivity index (χ4n) is 3.49. The monoisotopic (exact) mass is 487 g/mol. The topological polar surface area (TPSA) is 95.1 Å². The summed E-state index contributed by atoms with van der Waals surface area (Å²) >= 11 is 1.24. The van der Waals surface area contributed by atoms with Gasteiger partial charge in [0.25, 0.3) is 0 Å². The van der Waals surface area contributed by atoms with Gasteiger partial charge in [0.2, 0.25) is 11.1 Å². The molecule has 1 aromatic heterocycles. The first-order valence-electron chi connectivity index (χ1n) is 11.5. The van der Waals surface area contributed by atoms with Crippen LogP contribution in [0.4, 0.5) is 5.69 Å². The summed E-state index contributed by atoms with van der Waals surface area (Å²) < 4.78 is 7.19. The van der Waals surface area contributed by atoms with Gasteiger partial charge < -0.3 is 15.9 Å². The van der Waals surface area contributed by atoms with Crippen LogP contribution >= 0.6 is 11.8 Å². The van der Waals surface area contributed by atoms with Crippen LogP contribution in [0.3, 0.4) is 0 Å². The molecule has 3 aromatic carbocycles. The molecule has 0 radical (unpaired) electrons. The Kier molecular flexibility index (Phi) is 7.72. The zero-order valence-electron chi connectivity index (χ0n) is 20.0. The maximum absolute atomic E-state index is 12.9. The molecule has 0 aliphatic rings. The SMILES string of the molecule is CC(Sc1nnc(COc2ccc(C(C)C)cc2)n1N)C(=O)Nc1ccccc1-c1ccccc1. The number of nitrogens with two attached hydrogens (primary N) is 1. The summed E-state index contributed by atoms with van der Waals surface area (Å²) in [5.41, 5.74) is 4.00. The van der Waals surface area contributed by atoms with Crippen LogP contribution in [0.15, 0.2) is 84.0 Å². The van der Waals surface area contributed by atoms with E-state index in [0.717, 1.165) is 22.6 Å². The number of carbonyl (C=O) groups excluding carboxylic acids is 1. The van der Waals surface area contributed by atoms with Crippen molar-refractivity contribution in [1.82, 2.24) is 14.9 Å². The van der Waals surface area contributed by atoms with Crippen molar-refractivity contribution in [2.24, 2.45) is 0 Å². The van der Waals surface area contributed by atoms with Gasteiger partial charge >= 0.3 is 0 Å². The molecule has 0 aliphatic heterocycles. The van der Waals surface area contributed by atoms with Crippen LogP contribution in [0.5, 0.6) is 5.75 Å². The number of rotatable bonds is 9. The van der Waals surface area contributed by atoms with E-state index < -0.39 is 5.25 Å². The number of nitrogen functional groups attached to an aromatic ring is 1. The Morgan fingerprint density at radius 3 is 2.37 bits per heavy atom. The Labute approximate surface area is 209 Å². The smallest absolute Gasteiger partial charge is 0.237 e. The summed E-state index contributed by atoms with van der Waals surface area (Å²) in [5, 5.41) is 11.3. The minimum absolute atomic E-state index is 0.149. The molecule has 35 heavy (non-hydrogen) atoms. The minimum atomic E-state index is -0.442. The van der Waals surface area contributed by atoms with Gasteiger partial charge in [0, 0.05) is 11.3 Å². The molecule has 0 aliphatic carbocycles. The van der Waals surface area contributed by atoms with Crippen LogP contribution in [-0.2, 0) is 11.4 Å². The summed E-state index contributed by atoms with van der Waals surface area (Å²) in [5.74, 6) is 7.71. The van der Waals surface area contributed by atoms with Crippen molar-refractivity contribution in [2.75, 3.05) is 11.2 Å². The lowest BCUT2D eigenvalue weighted by molar-refractivity contribution is -0.115. The summed E-state index contributed by atoms with van der Waals surface area (Å²) in [6, 6.07) is 25.6. The summed E-state index contributed by atoms with van der Waals surface area (Å²) in [6.45, 7) is 6.28. The highest BCUT2D eigenvalue weighted by molar-refractivity contribution is 8.00. The Bertz CT molecular complexity index is 1270. The first-order chi connectivity index (χ1) is 16.9. The third kappa shape index (κ3) is 6.02. The predicted molar refractivity (Wildman–Crippen MR) is 141 cm³/mol. The second kappa shape index (κ2) is 11.1. The van der Waals surface area contributed by atoms with Crippen molar-refractivity contribution in [1.29, 1.82) is 0 Å². The van der Waals surface area contributed by atoms with Crippen LogP contribution in [0.1, 0.15) is 38.1 Å². The number of ether oxygens (including phenoxy) is 1. The molecule has 0 saturated heterocycles. The molecule has 4 rings (SSSR count). The number of nitrogens with one attached hydrogen (secondary N) is 1. The molecular formula is C27H29N5O2S. The van der Waals surface area contributed by atoms with E-state index in [0.29, 0.717) is 16.9 Å². The molecule has 1 atom stereocenters. The van der Waals surface area contributed by atoms with Gasteiger partial charge in [-0.2, -0.15) is 0 Å². The molecule has 4 aromatic rings. The quantitative estimate of drug-likeness (QED) is 0.240. The molecular weight excluding hydrogens is 458 g/mol. The Morgan fingerprint density at radius 1 is 0.971 bits per heavy atom. The van der Waals surface area contributed by atoms with E-state index in [1.807, 2.05) is 85.8 Å². The molecule has 1 amide bonds. The summed E-state index contributed by atoms with van der Waals surface area (Å²) in [6.07, 6.45) is 0. The first-order valence-corrected chi connectivity index (χ1v) is 12.3. The van der Waals surface area contributed by atoms with Crippen molar-refractivity contribution in [3.05, 3.63) is 90.3 Å². The molecule has 8 heteroatoms. The van der Waals surface area contributed by atoms with Crippen molar-refractivity contribution in [2.45, 2.75) is 43.7 Å². The van der Waals surface area contributed by atoms with Gasteiger partial charge in [-0.25, -0.2) is 4.68 Å². The van der Waals surface area contributed by atoms with E-state index in [4.69, 9.17) is 10.6 Å². The lowest BCUT2D eigenvalue weighted by Gasteiger charge is -2.14. The largest absolute Gasteiger partial charge is 0.486 e. The maximum Gasteiger partial charge on any atom is 0.237 e. The number of anilines is 1. The van der Waals surface area contributed by atoms with Crippen LogP contribution < -0.4 is 15.9 Å². The standard InChI is InChI=1S/C27H29N5O2S/c1-18(2)20-13-15-22(16-14-20)34-17-25-30-31-27(32(25)28)35-19(3)26(33)29-24-12-8-7-11-23(24)21-9-5-4-6-10-21/h4-16,18-19H,17,28H2,1-3H3,(H,29,33). The molecule has 0 spiro atoms. The van der Waals surface area contributed by atoms with Crippen LogP contribution in [0, 0.1) is 0 Å². The van der Waals surface area contributed by atoms with Gasteiger partial charge in [0.15, 0.2) is 5.82 Å². The van der Waals surface area contributed by atoms with Crippen molar-refractivity contribution in [3.8, 4) is 16.9 Å². The third-order valence-corrected chi connectivity index (χ3v) is 6.63. The summed E-state index contributed by atoms with van der Waals surface area (Å²) in [4.78, 5) is 12.9. The Balaban J connectivity index is 1.37. The van der Waals surface area contributed by atoms with Crippen LogP contribution in [0.2, 0.25) is 0 Å². The number of para-hydroxylation sites is 1. The average molecular weight is 488 g/mol. The summed E-state index contributed by atoms with van der Waals surface area (Å²) in [7, 11) is 0. The highest BCUT2D eigenvalue weighted by Gasteiger charge is 2.20. The normalized spacial score (nSPS) is 11.9. The van der Waals surface area contributed by atoms with E-state index in [1.54, 1.807) is 0 Å². The van der Waals surface area contributed by atoms with Gasteiger partial charge in [-0.1, -0.05) is 86.3 Å². The molecule has 3 N–H and O–H groups in total. The number of hydrogen-bond donors (Lipinski definition) is 2. The van der Waals surface area contributed by atoms with E-state index >= 15 is 0 Å². The van der Waals surface area contributed by atoms with Gasteiger partial charge in [0.1, 0.15) is 12.4 Å². The highest BCUT2D eigenvalue weighted by Crippen LogP contribution is 2.29. The number of carbonyl (C=O) groups is 1. The van der Waals surface area contributed by atoms with E-state index in [1.165, 1.54) is 22.0 Å². The molecule has 1 unspecified atom stereocenters. The molecule has 1 heterocycles. The number of hydrogen-bond acceptors (Lipinski definition) is 6. The van der Waals surface area contributed by atoms with Gasteiger partial charge in [-0.3, -0.25) is 4.79 Å². The van der Waals surface area contributed by atoms with Crippen molar-refractivity contribution >= 4 is 23.4 Å². The van der Waals surface area contributed by atoms with Gasteiger partial charge in [-0.15, -0.1) is 10.2 Å². The molecule has 0 fully saturated rings. The highest BCUT2D eigenvalue weighted by atomic mass is 32.2. The van der Waals surface area contributed by atoms with E-state index in [9.17, 15) is 4.79 Å². The number of benzene rings is 3. The van der Waals surface area contributed by atoms with Crippen LogP contribution in [0.25, 0.3) is 11.1 Å². The van der Waals surface area contributed by atoms with Gasteiger partial charge in [0.05, 0.1) is 5.25 Å². The molecule has 7 nitrogen and oxygen atoms in total. The fourth-order valence-corrected chi connectivity index (χ4v) is 4.28. The molecule has 180 valence electrons. The number of aromatic nitrogens is 3. The lowest BCUT2D eigenvalue weighted by Crippen LogP contribution is -2.24. The third-order valence-electron chi connectivity index (χ3n) is 5.57. The minimum Gasteiger partial charge on any atom is -0.486 e. The first kappa shape index (κ1) is 24.3. The van der Waals surface area contributed by atoms with Crippen molar-refractivity contribution in [3.63, 3.8) is 0 Å². The lowest BCUT2D eigenvalue weighted by atomic mass is 10.0. The molecule has 0 bridgehead atoms. The van der Waals surface area contributed by atoms with Crippen molar-refractivity contribution < 1.29 is 9.53 Å². The zero-order valence-corrected chi connectivity index (χ0v) is 20.8. The molecule has 0 saturated carbocycles. The van der Waals surface area contributed by atoms with E-state index in [2.05, 4.69) is 29.4 Å². The number of amides is 1. The number of thioether (sulfide) groups is 1. The Hall–Kier alpha value is -3.78. The Morgan fingerprint density at radius 2 is 1.66 bits per heavy atom. The van der Waals surface area contributed by atoms with Gasteiger partial charge in [-0.05, 0) is 42.2 Å².